The largest absolute Gasteiger partial charge is 0.0880 e. The first-order chi connectivity index (χ1) is 8.70. The Hall–Kier alpha value is -0.0800. The van der Waals surface area contributed by atoms with Crippen LogP contribution in [0, 0.1) is 12.8 Å². The molecule has 0 aliphatic heterocycles. The third-order valence-corrected chi connectivity index (χ3v) is 5.33. The van der Waals surface area contributed by atoms with Gasteiger partial charge in [-0.3, -0.25) is 0 Å². The Kier molecular flexibility index (Phi) is 5.50. The first-order valence-corrected chi connectivity index (χ1v) is 8.64. The lowest BCUT2D eigenvalue weighted by molar-refractivity contribution is 0.405. The van der Waals surface area contributed by atoms with Crippen LogP contribution in [0.1, 0.15) is 43.2 Å². The van der Waals surface area contributed by atoms with E-state index in [9.17, 15) is 0 Å². The molecule has 1 aliphatic rings. The lowest BCUT2D eigenvalue weighted by atomic mass is 9.84. The third-order valence-electron chi connectivity index (χ3n) is 3.83. The van der Waals surface area contributed by atoms with Crippen molar-refractivity contribution < 1.29 is 0 Å². The molecule has 0 saturated heterocycles. The molecule has 0 aromatic heterocycles. The summed E-state index contributed by atoms with van der Waals surface area (Å²) in [5.74, 6) is 0.790. The van der Waals surface area contributed by atoms with Crippen molar-refractivity contribution in [2.45, 2.75) is 39.0 Å². The molecular formula is C16H20Br2. The maximum absolute atomic E-state index is 3.66. The number of allylic oxidation sites excluding steroid dienone is 1. The van der Waals surface area contributed by atoms with E-state index < -0.39 is 0 Å². The molecule has 0 N–H and O–H groups in total. The minimum atomic E-state index is 0.790. The predicted octanol–water partition coefficient (Wildman–Crippen LogP) is 6.12. The predicted molar refractivity (Wildman–Crippen MR) is 87.2 cm³/mol. The summed E-state index contributed by atoms with van der Waals surface area (Å²) in [5, 5.41) is 1.00. The van der Waals surface area contributed by atoms with Crippen LogP contribution in [0.15, 0.2) is 28.2 Å². The van der Waals surface area contributed by atoms with Gasteiger partial charge in [0.05, 0.1) is 0 Å². The second-order valence-electron chi connectivity index (χ2n) is 5.20. The topological polar surface area (TPSA) is 0 Å². The molecule has 18 heavy (non-hydrogen) atoms. The average Bonchev–Trinajstić information content (AvgIpc) is 2.41. The monoisotopic (exact) mass is 370 g/mol. The molecule has 0 heterocycles. The van der Waals surface area contributed by atoms with E-state index in [0.29, 0.717) is 0 Å². The van der Waals surface area contributed by atoms with Crippen LogP contribution in [-0.2, 0) is 0 Å². The van der Waals surface area contributed by atoms with Gasteiger partial charge in [0, 0.05) is 9.80 Å². The fraction of sp³-hybridized carbons (Fsp3) is 0.500. The first kappa shape index (κ1) is 14.3. The minimum Gasteiger partial charge on any atom is -0.0880 e. The molecule has 1 saturated carbocycles. The van der Waals surface area contributed by atoms with Gasteiger partial charge in [0.1, 0.15) is 0 Å². The van der Waals surface area contributed by atoms with E-state index >= 15 is 0 Å². The molecule has 1 aliphatic carbocycles. The van der Waals surface area contributed by atoms with Crippen LogP contribution < -0.4 is 0 Å². The van der Waals surface area contributed by atoms with Crippen LogP contribution >= 0.6 is 31.9 Å². The van der Waals surface area contributed by atoms with E-state index in [1.165, 1.54) is 47.7 Å². The van der Waals surface area contributed by atoms with Crippen molar-refractivity contribution in [2.75, 3.05) is 5.33 Å². The molecule has 1 aromatic carbocycles. The van der Waals surface area contributed by atoms with Gasteiger partial charge in [-0.25, -0.2) is 0 Å². The summed E-state index contributed by atoms with van der Waals surface area (Å²) in [6.45, 7) is 2.13. The highest BCUT2D eigenvalue weighted by atomic mass is 79.9. The van der Waals surface area contributed by atoms with Crippen LogP contribution in [0.4, 0.5) is 0 Å². The molecule has 0 bridgehead atoms. The normalized spacial score (nSPS) is 18.1. The number of halogens is 2. The Morgan fingerprint density at radius 1 is 1.28 bits per heavy atom. The lowest BCUT2D eigenvalue weighted by Crippen LogP contribution is -2.10. The van der Waals surface area contributed by atoms with Crippen molar-refractivity contribution in [3.63, 3.8) is 0 Å². The van der Waals surface area contributed by atoms with E-state index in [1.807, 2.05) is 0 Å². The van der Waals surface area contributed by atoms with Gasteiger partial charge >= 0.3 is 0 Å². The molecule has 0 radical (unpaired) electrons. The van der Waals surface area contributed by atoms with Gasteiger partial charge in [-0.2, -0.15) is 0 Å². The SMILES string of the molecule is Cc1ccc(/C=C(/CBr)C2CCCCC2)cc1Br. The van der Waals surface area contributed by atoms with Crippen LogP contribution in [0.25, 0.3) is 6.08 Å². The van der Waals surface area contributed by atoms with Gasteiger partial charge in [-0.05, 0) is 42.9 Å². The number of hydrogen-bond donors (Lipinski definition) is 0. The molecule has 0 atom stereocenters. The summed E-state index contributed by atoms with van der Waals surface area (Å²) in [6, 6.07) is 6.62. The Morgan fingerprint density at radius 2 is 2.00 bits per heavy atom. The lowest BCUT2D eigenvalue weighted by Gasteiger charge is -2.23. The Morgan fingerprint density at radius 3 is 2.61 bits per heavy atom. The van der Waals surface area contributed by atoms with Crippen molar-refractivity contribution in [3.8, 4) is 0 Å². The summed E-state index contributed by atoms with van der Waals surface area (Å²) in [4.78, 5) is 0. The zero-order valence-corrected chi connectivity index (χ0v) is 14.1. The molecule has 2 rings (SSSR count). The molecular weight excluding hydrogens is 352 g/mol. The summed E-state index contributed by atoms with van der Waals surface area (Å²) < 4.78 is 1.20. The summed E-state index contributed by atoms with van der Waals surface area (Å²) in [7, 11) is 0. The maximum Gasteiger partial charge on any atom is 0.0247 e. The molecule has 0 spiro atoms. The standard InChI is InChI=1S/C16H20Br2/c1-12-7-8-13(10-16(12)18)9-15(11-17)14-5-3-2-4-6-14/h7-10,14H,2-6,11H2,1H3/b15-9-. The number of benzene rings is 1. The van der Waals surface area contributed by atoms with Gasteiger partial charge < -0.3 is 0 Å². The van der Waals surface area contributed by atoms with Gasteiger partial charge in [-0.1, -0.05) is 74.9 Å². The number of hydrogen-bond acceptors (Lipinski definition) is 0. The zero-order valence-electron chi connectivity index (χ0n) is 10.9. The Balaban J connectivity index is 2.19. The van der Waals surface area contributed by atoms with Gasteiger partial charge in [-0.15, -0.1) is 0 Å². The molecule has 1 aromatic rings. The Bertz CT molecular complexity index is 429. The van der Waals surface area contributed by atoms with Crippen LogP contribution in [0.3, 0.4) is 0 Å². The average molecular weight is 372 g/mol. The van der Waals surface area contributed by atoms with Gasteiger partial charge in [0.25, 0.3) is 0 Å². The summed E-state index contributed by atoms with van der Waals surface area (Å²) >= 11 is 7.27. The highest BCUT2D eigenvalue weighted by Gasteiger charge is 2.16. The van der Waals surface area contributed by atoms with E-state index in [0.717, 1.165) is 11.2 Å². The zero-order chi connectivity index (χ0) is 13.0. The molecule has 0 amide bonds. The molecule has 2 heteroatoms. The molecule has 1 fully saturated rings. The van der Waals surface area contributed by atoms with Crippen molar-refractivity contribution in [3.05, 3.63) is 39.4 Å². The first-order valence-electron chi connectivity index (χ1n) is 6.73. The van der Waals surface area contributed by atoms with Crippen molar-refractivity contribution in [2.24, 2.45) is 5.92 Å². The second-order valence-corrected chi connectivity index (χ2v) is 6.61. The van der Waals surface area contributed by atoms with Crippen LogP contribution in [-0.4, -0.2) is 5.33 Å². The summed E-state index contributed by atoms with van der Waals surface area (Å²) in [6.07, 6.45) is 9.31. The van der Waals surface area contributed by atoms with Crippen molar-refractivity contribution in [1.29, 1.82) is 0 Å². The van der Waals surface area contributed by atoms with Crippen molar-refractivity contribution >= 4 is 37.9 Å². The number of aryl methyl sites for hydroxylation is 1. The summed E-state index contributed by atoms with van der Waals surface area (Å²) in [5.41, 5.74) is 4.17. The minimum absolute atomic E-state index is 0.790. The van der Waals surface area contributed by atoms with E-state index in [4.69, 9.17) is 0 Å². The van der Waals surface area contributed by atoms with E-state index in [1.54, 1.807) is 5.57 Å². The Labute approximate surface area is 127 Å². The van der Waals surface area contributed by atoms with Gasteiger partial charge in [0.2, 0.25) is 0 Å². The quantitative estimate of drug-likeness (QED) is 0.561. The van der Waals surface area contributed by atoms with E-state index in [2.05, 4.69) is 63.1 Å². The highest BCUT2D eigenvalue weighted by molar-refractivity contribution is 9.10. The maximum atomic E-state index is 3.66. The number of rotatable bonds is 3. The fourth-order valence-electron chi connectivity index (χ4n) is 2.65. The molecule has 0 nitrogen and oxygen atoms in total. The molecule has 98 valence electrons. The van der Waals surface area contributed by atoms with Gasteiger partial charge in [0.15, 0.2) is 0 Å². The van der Waals surface area contributed by atoms with Crippen molar-refractivity contribution in [1.82, 2.24) is 0 Å². The second kappa shape index (κ2) is 6.91. The third kappa shape index (κ3) is 3.71. The van der Waals surface area contributed by atoms with Crippen LogP contribution in [0.5, 0.6) is 0 Å². The smallest absolute Gasteiger partial charge is 0.0247 e. The van der Waals surface area contributed by atoms with E-state index in [-0.39, 0.29) is 0 Å². The highest BCUT2D eigenvalue weighted by Crippen LogP contribution is 2.32. The fourth-order valence-corrected chi connectivity index (χ4v) is 3.67. The molecule has 0 unspecified atom stereocenters. The van der Waals surface area contributed by atoms with Crippen LogP contribution in [0.2, 0.25) is 0 Å². The number of alkyl halides is 1.